The largest absolute Gasteiger partial charge is 0.405 e. The molecule has 2 rings (SSSR count). The van der Waals surface area contributed by atoms with Gasteiger partial charge in [0.15, 0.2) is 0 Å². The van der Waals surface area contributed by atoms with Crippen molar-refractivity contribution in [2.75, 3.05) is 6.54 Å². The van der Waals surface area contributed by atoms with E-state index in [-0.39, 0.29) is 5.69 Å². The molecule has 90 valence electrons. The number of aromatic nitrogens is 2. The van der Waals surface area contributed by atoms with Crippen LogP contribution in [0.5, 0.6) is 0 Å². The first-order valence-corrected chi connectivity index (χ1v) is 4.74. The second-order valence-corrected chi connectivity index (χ2v) is 3.37. The molecular formula is C10H8F3N3O. The Morgan fingerprint density at radius 2 is 2.18 bits per heavy atom. The summed E-state index contributed by atoms with van der Waals surface area (Å²) in [7, 11) is 0. The molecule has 2 aromatic heterocycles. The number of fused-ring (bicyclic) bond motifs is 1. The van der Waals surface area contributed by atoms with Gasteiger partial charge in [-0.2, -0.15) is 13.2 Å². The van der Waals surface area contributed by atoms with Gasteiger partial charge < -0.3 is 5.32 Å². The van der Waals surface area contributed by atoms with Crippen LogP contribution < -0.4 is 5.32 Å². The van der Waals surface area contributed by atoms with Gasteiger partial charge in [-0.25, -0.2) is 4.98 Å². The van der Waals surface area contributed by atoms with E-state index in [1.165, 1.54) is 10.6 Å². The lowest BCUT2D eigenvalue weighted by atomic mass is 10.4. The predicted molar refractivity (Wildman–Crippen MR) is 53.6 cm³/mol. The van der Waals surface area contributed by atoms with Crippen molar-refractivity contribution in [2.24, 2.45) is 0 Å². The van der Waals surface area contributed by atoms with Gasteiger partial charge in [-0.05, 0) is 12.1 Å². The van der Waals surface area contributed by atoms with Crippen LogP contribution in [0, 0.1) is 0 Å². The Hall–Kier alpha value is -2.05. The molecule has 0 fully saturated rings. The zero-order chi connectivity index (χ0) is 12.5. The average Bonchev–Trinajstić information content (AvgIpc) is 2.68. The van der Waals surface area contributed by atoms with E-state index in [0.29, 0.717) is 5.65 Å². The summed E-state index contributed by atoms with van der Waals surface area (Å²) in [6.45, 7) is -1.36. The van der Waals surface area contributed by atoms with E-state index in [1.807, 2.05) is 0 Å². The molecule has 0 aliphatic carbocycles. The zero-order valence-corrected chi connectivity index (χ0v) is 8.53. The first kappa shape index (κ1) is 11.4. The van der Waals surface area contributed by atoms with Crippen LogP contribution in [0.4, 0.5) is 13.2 Å². The maximum Gasteiger partial charge on any atom is 0.405 e. The monoisotopic (exact) mass is 243 g/mol. The lowest BCUT2D eigenvalue weighted by Crippen LogP contribution is -2.34. The van der Waals surface area contributed by atoms with Crippen LogP contribution in [0.3, 0.4) is 0 Å². The second-order valence-electron chi connectivity index (χ2n) is 3.37. The minimum Gasteiger partial charge on any atom is -0.342 e. The Balaban J connectivity index is 2.20. The molecule has 2 heterocycles. The highest BCUT2D eigenvalue weighted by Crippen LogP contribution is 2.13. The maximum atomic E-state index is 11.9. The number of imidazole rings is 1. The molecule has 0 aromatic carbocycles. The summed E-state index contributed by atoms with van der Waals surface area (Å²) in [6.07, 6.45) is -1.62. The number of alkyl halides is 3. The quantitative estimate of drug-likeness (QED) is 0.871. The molecule has 1 N–H and O–H groups in total. The van der Waals surface area contributed by atoms with Gasteiger partial charge >= 0.3 is 6.18 Å². The smallest absolute Gasteiger partial charge is 0.342 e. The number of halogens is 3. The summed E-state index contributed by atoms with van der Waals surface area (Å²) in [5.74, 6) is -0.805. The van der Waals surface area contributed by atoms with Crippen molar-refractivity contribution >= 4 is 11.6 Å². The van der Waals surface area contributed by atoms with Crippen molar-refractivity contribution in [2.45, 2.75) is 6.18 Å². The lowest BCUT2D eigenvalue weighted by molar-refractivity contribution is -0.123. The highest BCUT2D eigenvalue weighted by Gasteiger charge is 2.28. The first-order chi connectivity index (χ1) is 7.97. The van der Waals surface area contributed by atoms with Gasteiger partial charge in [0.25, 0.3) is 5.91 Å². The molecule has 0 saturated carbocycles. The zero-order valence-electron chi connectivity index (χ0n) is 8.53. The van der Waals surface area contributed by atoms with Crippen LogP contribution in [-0.2, 0) is 0 Å². The van der Waals surface area contributed by atoms with Crippen LogP contribution in [0.2, 0.25) is 0 Å². The highest BCUT2D eigenvalue weighted by atomic mass is 19.4. The predicted octanol–water partition coefficient (Wildman–Crippen LogP) is 1.63. The fraction of sp³-hybridized carbons (Fsp3) is 0.200. The van der Waals surface area contributed by atoms with Gasteiger partial charge in [0.2, 0.25) is 0 Å². The molecule has 0 unspecified atom stereocenters. The van der Waals surface area contributed by atoms with Gasteiger partial charge in [0.05, 0.1) is 6.20 Å². The van der Waals surface area contributed by atoms with Crippen molar-refractivity contribution in [1.82, 2.24) is 14.7 Å². The second kappa shape index (κ2) is 4.08. The number of carbonyl (C=O) groups is 1. The molecule has 0 aliphatic heterocycles. The molecule has 1 amide bonds. The molecule has 0 atom stereocenters. The Labute approximate surface area is 94.1 Å². The Morgan fingerprint density at radius 1 is 1.41 bits per heavy atom. The molecule has 2 aromatic rings. The van der Waals surface area contributed by atoms with E-state index in [0.717, 1.165) is 0 Å². The molecule has 0 radical (unpaired) electrons. The highest BCUT2D eigenvalue weighted by molar-refractivity contribution is 5.93. The number of carbonyl (C=O) groups excluding carboxylic acids is 1. The molecule has 0 bridgehead atoms. The molecule has 7 heteroatoms. The summed E-state index contributed by atoms with van der Waals surface area (Å²) >= 11 is 0. The number of pyridine rings is 1. The summed E-state index contributed by atoms with van der Waals surface area (Å²) in [6, 6.07) is 5.04. The van der Waals surface area contributed by atoms with Gasteiger partial charge in [-0.15, -0.1) is 0 Å². The number of hydrogen-bond donors (Lipinski definition) is 1. The minimum absolute atomic E-state index is 0.0739. The van der Waals surface area contributed by atoms with Gasteiger partial charge in [-0.3, -0.25) is 9.20 Å². The van der Waals surface area contributed by atoms with Gasteiger partial charge in [-0.1, -0.05) is 6.07 Å². The van der Waals surface area contributed by atoms with E-state index in [2.05, 4.69) is 4.98 Å². The third-order valence-corrected chi connectivity index (χ3v) is 2.10. The molecular weight excluding hydrogens is 235 g/mol. The number of nitrogens with zero attached hydrogens (tertiary/aromatic N) is 2. The Morgan fingerprint density at radius 3 is 2.88 bits per heavy atom. The third kappa shape index (κ3) is 2.55. The third-order valence-electron chi connectivity index (χ3n) is 2.10. The Bertz CT molecular complexity index is 547. The fourth-order valence-electron chi connectivity index (χ4n) is 1.37. The number of hydrogen-bond acceptors (Lipinski definition) is 2. The lowest BCUT2D eigenvalue weighted by Gasteiger charge is -2.07. The SMILES string of the molecule is O=C(NCC(F)(F)F)c1cnc2ccccn12. The maximum absolute atomic E-state index is 11.9. The van der Waals surface area contributed by atoms with Crippen LogP contribution in [-0.4, -0.2) is 28.0 Å². The summed E-state index contributed by atoms with van der Waals surface area (Å²) in [5.41, 5.74) is 0.578. The van der Waals surface area contributed by atoms with Crippen LogP contribution in [0.15, 0.2) is 30.6 Å². The molecule has 0 saturated heterocycles. The van der Waals surface area contributed by atoms with E-state index in [9.17, 15) is 18.0 Å². The molecule has 0 aliphatic rings. The molecule has 17 heavy (non-hydrogen) atoms. The van der Waals surface area contributed by atoms with Crippen LogP contribution in [0.1, 0.15) is 10.5 Å². The van der Waals surface area contributed by atoms with E-state index in [4.69, 9.17) is 0 Å². The number of nitrogens with one attached hydrogen (secondary N) is 1. The van der Waals surface area contributed by atoms with E-state index < -0.39 is 18.6 Å². The van der Waals surface area contributed by atoms with Crippen molar-refractivity contribution in [1.29, 1.82) is 0 Å². The summed E-state index contributed by atoms with van der Waals surface area (Å²) in [4.78, 5) is 15.4. The van der Waals surface area contributed by atoms with Crippen LogP contribution >= 0.6 is 0 Å². The molecule has 0 spiro atoms. The van der Waals surface area contributed by atoms with E-state index >= 15 is 0 Å². The van der Waals surface area contributed by atoms with Crippen LogP contribution in [0.25, 0.3) is 5.65 Å². The van der Waals surface area contributed by atoms with Crippen molar-refractivity contribution in [3.8, 4) is 0 Å². The average molecular weight is 243 g/mol. The number of amides is 1. The van der Waals surface area contributed by atoms with Crippen molar-refractivity contribution in [3.05, 3.63) is 36.3 Å². The van der Waals surface area contributed by atoms with E-state index in [1.54, 1.807) is 29.7 Å². The minimum atomic E-state index is -4.42. The fourth-order valence-corrected chi connectivity index (χ4v) is 1.37. The van der Waals surface area contributed by atoms with Gasteiger partial charge in [0.1, 0.15) is 17.9 Å². The van der Waals surface area contributed by atoms with Gasteiger partial charge in [0, 0.05) is 6.20 Å². The van der Waals surface area contributed by atoms with Crippen molar-refractivity contribution in [3.63, 3.8) is 0 Å². The number of rotatable bonds is 2. The Kier molecular flexibility index (Phi) is 2.74. The summed E-state index contributed by atoms with van der Waals surface area (Å²) < 4.78 is 37.2. The first-order valence-electron chi connectivity index (χ1n) is 4.74. The van der Waals surface area contributed by atoms with Crippen molar-refractivity contribution < 1.29 is 18.0 Å². The topological polar surface area (TPSA) is 46.4 Å². The standard InChI is InChI=1S/C10H8F3N3O/c11-10(12,13)6-15-9(17)7-5-14-8-3-1-2-4-16(7)8/h1-5H,6H2,(H,15,17). The normalized spacial score (nSPS) is 11.7. The molecule has 4 nitrogen and oxygen atoms in total. The summed E-state index contributed by atoms with van der Waals surface area (Å²) in [5, 5.41) is 1.79.